The summed E-state index contributed by atoms with van der Waals surface area (Å²) in [6.07, 6.45) is 2.36. The Hall–Kier alpha value is -0.640. The minimum Gasteiger partial charge on any atom is -0.312 e. The van der Waals surface area contributed by atoms with Crippen LogP contribution in [0.25, 0.3) is 10.2 Å². The van der Waals surface area contributed by atoms with E-state index in [9.17, 15) is 0 Å². The average molecular weight is 281 g/mol. The standard InChI is InChI=1S/C14H17ClN2S/c1-8-5-10(6-9(2)16-8)14-17-12-7-11(15)3-4-13(12)18-14/h3-4,7-10,16H,5-6H2,1-2H3/t8-,9+,10+. The third kappa shape index (κ3) is 2.40. The molecule has 1 N–H and O–H groups in total. The van der Waals surface area contributed by atoms with E-state index in [1.165, 1.54) is 22.5 Å². The third-order valence-electron chi connectivity index (χ3n) is 3.56. The number of benzene rings is 1. The van der Waals surface area contributed by atoms with Gasteiger partial charge in [-0.3, -0.25) is 0 Å². The number of nitrogens with one attached hydrogen (secondary N) is 1. The second-order valence-electron chi connectivity index (χ2n) is 5.30. The molecule has 0 bridgehead atoms. The molecule has 2 heterocycles. The van der Waals surface area contributed by atoms with E-state index in [0.717, 1.165) is 10.5 Å². The van der Waals surface area contributed by atoms with E-state index in [0.29, 0.717) is 18.0 Å². The summed E-state index contributed by atoms with van der Waals surface area (Å²) in [5.74, 6) is 0.590. The van der Waals surface area contributed by atoms with Crippen LogP contribution in [-0.2, 0) is 0 Å². The van der Waals surface area contributed by atoms with Gasteiger partial charge < -0.3 is 5.32 Å². The van der Waals surface area contributed by atoms with Crippen molar-refractivity contribution in [2.45, 2.75) is 44.7 Å². The largest absolute Gasteiger partial charge is 0.312 e. The van der Waals surface area contributed by atoms with E-state index in [4.69, 9.17) is 16.6 Å². The fourth-order valence-electron chi connectivity index (χ4n) is 2.87. The van der Waals surface area contributed by atoms with Crippen molar-refractivity contribution in [1.82, 2.24) is 10.3 Å². The Morgan fingerprint density at radius 2 is 2.00 bits per heavy atom. The molecule has 3 rings (SSSR count). The summed E-state index contributed by atoms with van der Waals surface area (Å²) >= 11 is 7.83. The van der Waals surface area contributed by atoms with Gasteiger partial charge in [0, 0.05) is 23.0 Å². The van der Waals surface area contributed by atoms with E-state index >= 15 is 0 Å². The molecule has 4 heteroatoms. The van der Waals surface area contributed by atoms with Crippen LogP contribution in [0.5, 0.6) is 0 Å². The van der Waals surface area contributed by atoms with Gasteiger partial charge in [-0.25, -0.2) is 4.98 Å². The summed E-state index contributed by atoms with van der Waals surface area (Å²) in [4.78, 5) is 4.77. The van der Waals surface area contributed by atoms with Crippen LogP contribution in [0.15, 0.2) is 18.2 Å². The van der Waals surface area contributed by atoms with Crippen LogP contribution >= 0.6 is 22.9 Å². The Labute approximate surface area is 116 Å². The summed E-state index contributed by atoms with van der Waals surface area (Å²) < 4.78 is 1.24. The average Bonchev–Trinajstić information content (AvgIpc) is 2.70. The molecule has 0 aliphatic carbocycles. The molecule has 0 spiro atoms. The molecule has 1 saturated heterocycles. The van der Waals surface area contributed by atoms with Crippen molar-refractivity contribution < 1.29 is 0 Å². The van der Waals surface area contributed by atoms with Crippen LogP contribution in [0.3, 0.4) is 0 Å². The van der Waals surface area contributed by atoms with Gasteiger partial charge >= 0.3 is 0 Å². The Kier molecular flexibility index (Phi) is 3.31. The molecule has 2 aromatic rings. The molecule has 0 amide bonds. The van der Waals surface area contributed by atoms with Gasteiger partial charge in [-0.2, -0.15) is 0 Å². The number of fused-ring (bicyclic) bond motifs is 1. The first-order chi connectivity index (χ1) is 8.61. The number of nitrogens with zero attached hydrogens (tertiary/aromatic N) is 1. The molecule has 0 radical (unpaired) electrons. The number of thiazole rings is 1. The second kappa shape index (κ2) is 4.80. The molecule has 1 aliphatic heterocycles. The summed E-state index contributed by atoms with van der Waals surface area (Å²) in [5.41, 5.74) is 1.04. The lowest BCUT2D eigenvalue weighted by molar-refractivity contribution is 0.316. The summed E-state index contributed by atoms with van der Waals surface area (Å²) in [5, 5.41) is 5.62. The zero-order valence-corrected chi connectivity index (χ0v) is 12.2. The first-order valence-corrected chi connectivity index (χ1v) is 7.63. The van der Waals surface area contributed by atoms with Crippen molar-refractivity contribution in [3.05, 3.63) is 28.2 Å². The maximum Gasteiger partial charge on any atom is 0.0970 e. The fourth-order valence-corrected chi connectivity index (χ4v) is 4.11. The third-order valence-corrected chi connectivity index (χ3v) is 4.99. The second-order valence-corrected chi connectivity index (χ2v) is 6.80. The summed E-state index contributed by atoms with van der Waals surface area (Å²) in [7, 11) is 0. The smallest absolute Gasteiger partial charge is 0.0970 e. The van der Waals surface area contributed by atoms with Crippen LogP contribution < -0.4 is 5.32 Å². The topological polar surface area (TPSA) is 24.9 Å². The highest BCUT2D eigenvalue weighted by Crippen LogP contribution is 2.35. The molecular weight excluding hydrogens is 264 g/mol. The lowest BCUT2D eigenvalue weighted by Crippen LogP contribution is -2.41. The molecule has 1 aromatic heterocycles. The Balaban J connectivity index is 1.93. The SMILES string of the molecule is C[C@@H]1C[C@H](c2nc3cc(Cl)ccc3s2)C[C@H](C)N1. The summed E-state index contributed by atoms with van der Waals surface area (Å²) in [6.45, 7) is 4.51. The molecule has 0 unspecified atom stereocenters. The molecule has 18 heavy (non-hydrogen) atoms. The van der Waals surface area contributed by atoms with Crippen LogP contribution in [0, 0.1) is 0 Å². The van der Waals surface area contributed by atoms with Crippen LogP contribution in [0.1, 0.15) is 37.6 Å². The van der Waals surface area contributed by atoms with Crippen molar-refractivity contribution >= 4 is 33.2 Å². The minimum atomic E-state index is 0.578. The predicted octanol–water partition coefficient (Wildman–Crippen LogP) is 4.19. The zero-order valence-electron chi connectivity index (χ0n) is 10.6. The van der Waals surface area contributed by atoms with Crippen molar-refractivity contribution in [3.63, 3.8) is 0 Å². The van der Waals surface area contributed by atoms with Crippen molar-refractivity contribution in [3.8, 4) is 0 Å². The highest BCUT2D eigenvalue weighted by atomic mass is 35.5. The van der Waals surface area contributed by atoms with E-state index in [1.807, 2.05) is 23.5 Å². The van der Waals surface area contributed by atoms with E-state index in [1.54, 1.807) is 0 Å². The molecular formula is C14H17ClN2S. The van der Waals surface area contributed by atoms with Gasteiger partial charge in [0.2, 0.25) is 0 Å². The zero-order chi connectivity index (χ0) is 12.7. The van der Waals surface area contributed by atoms with Gasteiger partial charge in [0.15, 0.2) is 0 Å². The van der Waals surface area contributed by atoms with E-state index < -0.39 is 0 Å². The van der Waals surface area contributed by atoms with Gasteiger partial charge in [-0.1, -0.05) is 11.6 Å². The van der Waals surface area contributed by atoms with Crippen molar-refractivity contribution in [1.29, 1.82) is 0 Å². The van der Waals surface area contributed by atoms with Gasteiger partial charge in [0.25, 0.3) is 0 Å². The van der Waals surface area contributed by atoms with Crippen LogP contribution in [0.2, 0.25) is 5.02 Å². The molecule has 3 atom stereocenters. The highest BCUT2D eigenvalue weighted by molar-refractivity contribution is 7.18. The monoisotopic (exact) mass is 280 g/mol. The van der Waals surface area contributed by atoms with Gasteiger partial charge in [0.1, 0.15) is 0 Å². The lowest BCUT2D eigenvalue weighted by atomic mass is 9.89. The van der Waals surface area contributed by atoms with Crippen molar-refractivity contribution in [2.75, 3.05) is 0 Å². The quantitative estimate of drug-likeness (QED) is 0.847. The van der Waals surface area contributed by atoms with Gasteiger partial charge in [-0.05, 0) is 44.9 Å². The van der Waals surface area contributed by atoms with Gasteiger partial charge in [-0.15, -0.1) is 11.3 Å². The number of rotatable bonds is 1. The lowest BCUT2D eigenvalue weighted by Gasteiger charge is -2.31. The van der Waals surface area contributed by atoms with Crippen molar-refractivity contribution in [2.24, 2.45) is 0 Å². The Bertz CT molecular complexity index is 556. The van der Waals surface area contributed by atoms with E-state index in [-0.39, 0.29) is 0 Å². The molecule has 2 nitrogen and oxygen atoms in total. The highest BCUT2D eigenvalue weighted by Gasteiger charge is 2.26. The van der Waals surface area contributed by atoms with E-state index in [2.05, 4.69) is 25.2 Å². The normalized spacial score (nSPS) is 28.7. The first kappa shape index (κ1) is 12.4. The maximum atomic E-state index is 6.01. The molecule has 96 valence electrons. The van der Waals surface area contributed by atoms with Crippen LogP contribution in [-0.4, -0.2) is 17.1 Å². The number of halogens is 1. The molecule has 1 fully saturated rings. The first-order valence-electron chi connectivity index (χ1n) is 6.44. The Morgan fingerprint density at radius 3 is 2.72 bits per heavy atom. The summed E-state index contributed by atoms with van der Waals surface area (Å²) in [6, 6.07) is 7.14. The number of aromatic nitrogens is 1. The number of hydrogen-bond acceptors (Lipinski definition) is 3. The predicted molar refractivity (Wildman–Crippen MR) is 78.7 cm³/mol. The Morgan fingerprint density at radius 1 is 1.28 bits per heavy atom. The number of hydrogen-bond donors (Lipinski definition) is 1. The van der Waals surface area contributed by atoms with Crippen LogP contribution in [0.4, 0.5) is 0 Å². The minimum absolute atomic E-state index is 0.578. The molecule has 1 aromatic carbocycles. The maximum absolute atomic E-state index is 6.01. The molecule has 0 saturated carbocycles. The molecule has 1 aliphatic rings. The fraction of sp³-hybridized carbons (Fsp3) is 0.500. The van der Waals surface area contributed by atoms with Gasteiger partial charge in [0.05, 0.1) is 15.2 Å². The number of piperidine rings is 1.